The fraction of sp³-hybridized carbons (Fsp3) is 0.333. The number of hydrogen-bond acceptors (Lipinski definition) is 3. The highest BCUT2D eigenvalue weighted by atomic mass is 16.5. The normalized spacial score (nSPS) is 19.2. The highest BCUT2D eigenvalue weighted by Gasteiger charge is 2.19. The van der Waals surface area contributed by atoms with Crippen LogP contribution in [0.4, 0.5) is 0 Å². The molecule has 0 spiro atoms. The van der Waals surface area contributed by atoms with Crippen molar-refractivity contribution >= 4 is 16.9 Å². The van der Waals surface area contributed by atoms with E-state index in [1.165, 1.54) is 0 Å². The van der Waals surface area contributed by atoms with Gasteiger partial charge in [-0.15, -0.1) is 0 Å². The predicted octanol–water partition coefficient (Wildman–Crippen LogP) is 0.924. The maximum atomic E-state index is 11.1. The van der Waals surface area contributed by atoms with Gasteiger partial charge in [0.1, 0.15) is 0 Å². The first-order valence-electron chi connectivity index (χ1n) is 5.60. The van der Waals surface area contributed by atoms with Crippen molar-refractivity contribution in [2.75, 3.05) is 6.61 Å². The van der Waals surface area contributed by atoms with Gasteiger partial charge in [0.2, 0.25) is 5.91 Å². The van der Waals surface area contributed by atoms with E-state index < -0.39 is 5.91 Å². The molecule has 1 aliphatic heterocycles. The van der Waals surface area contributed by atoms with Crippen LogP contribution < -0.4 is 5.73 Å². The van der Waals surface area contributed by atoms with Crippen molar-refractivity contribution < 1.29 is 9.53 Å². The Bertz CT molecular complexity index is 572. The first-order chi connectivity index (χ1) is 8.24. The maximum Gasteiger partial charge on any atom is 0.248 e. The maximum absolute atomic E-state index is 11.1. The van der Waals surface area contributed by atoms with Gasteiger partial charge in [-0.25, -0.2) is 4.98 Å². The van der Waals surface area contributed by atoms with Crippen molar-refractivity contribution in [2.45, 2.75) is 19.1 Å². The van der Waals surface area contributed by atoms with Crippen LogP contribution in [0.2, 0.25) is 0 Å². The summed E-state index contributed by atoms with van der Waals surface area (Å²) in [4.78, 5) is 15.4. The number of benzene rings is 1. The minimum atomic E-state index is -0.417. The second kappa shape index (κ2) is 3.85. The summed E-state index contributed by atoms with van der Waals surface area (Å²) in [7, 11) is 0. The Morgan fingerprint density at radius 1 is 1.59 bits per heavy atom. The SMILES string of the molecule is NC(=O)c1ccc2ncn(CC3CCO3)c2c1. The number of carbonyl (C=O) groups excluding carboxylic acids is 1. The number of amides is 1. The van der Waals surface area contributed by atoms with E-state index in [-0.39, 0.29) is 6.10 Å². The third-order valence-electron chi connectivity index (χ3n) is 3.10. The van der Waals surface area contributed by atoms with Crippen LogP contribution in [0.5, 0.6) is 0 Å². The van der Waals surface area contributed by atoms with E-state index in [0.717, 1.165) is 30.6 Å². The third kappa shape index (κ3) is 1.78. The average Bonchev–Trinajstić information content (AvgIpc) is 2.65. The van der Waals surface area contributed by atoms with E-state index in [2.05, 4.69) is 4.98 Å². The molecule has 0 bridgehead atoms. The van der Waals surface area contributed by atoms with Gasteiger partial charge >= 0.3 is 0 Å². The van der Waals surface area contributed by atoms with Crippen molar-refractivity contribution in [1.29, 1.82) is 0 Å². The molecular formula is C12H13N3O2. The minimum Gasteiger partial charge on any atom is -0.376 e. The summed E-state index contributed by atoms with van der Waals surface area (Å²) >= 11 is 0. The van der Waals surface area contributed by atoms with Crippen molar-refractivity contribution in [1.82, 2.24) is 9.55 Å². The van der Waals surface area contributed by atoms with Gasteiger partial charge < -0.3 is 15.0 Å². The topological polar surface area (TPSA) is 70.1 Å². The number of aromatic nitrogens is 2. The van der Waals surface area contributed by atoms with Crippen LogP contribution in [-0.2, 0) is 11.3 Å². The summed E-state index contributed by atoms with van der Waals surface area (Å²) in [6, 6.07) is 5.29. The highest BCUT2D eigenvalue weighted by Crippen LogP contribution is 2.19. The molecule has 1 aromatic carbocycles. The molecule has 88 valence electrons. The van der Waals surface area contributed by atoms with E-state index in [4.69, 9.17) is 10.5 Å². The summed E-state index contributed by atoms with van der Waals surface area (Å²) in [6.45, 7) is 1.61. The number of rotatable bonds is 3. The molecule has 1 atom stereocenters. The van der Waals surface area contributed by atoms with Crippen molar-refractivity contribution in [3.8, 4) is 0 Å². The number of ether oxygens (including phenoxy) is 1. The molecular weight excluding hydrogens is 218 g/mol. The number of hydrogen-bond donors (Lipinski definition) is 1. The van der Waals surface area contributed by atoms with E-state index >= 15 is 0 Å². The predicted molar refractivity (Wildman–Crippen MR) is 62.6 cm³/mol. The van der Waals surface area contributed by atoms with Crippen LogP contribution in [-0.4, -0.2) is 28.2 Å². The Morgan fingerprint density at radius 3 is 3.06 bits per heavy atom. The molecule has 0 saturated carbocycles. The zero-order valence-corrected chi connectivity index (χ0v) is 9.30. The number of fused-ring (bicyclic) bond motifs is 1. The summed E-state index contributed by atoms with van der Waals surface area (Å²) in [6.07, 6.45) is 3.12. The molecule has 1 saturated heterocycles. The molecule has 1 fully saturated rings. The molecule has 1 aromatic heterocycles. The summed E-state index contributed by atoms with van der Waals surface area (Å²) in [5.41, 5.74) is 7.57. The van der Waals surface area contributed by atoms with Crippen molar-refractivity contribution in [2.24, 2.45) is 5.73 Å². The van der Waals surface area contributed by atoms with Gasteiger partial charge in [-0.05, 0) is 24.6 Å². The number of primary amides is 1. The molecule has 0 aliphatic carbocycles. The van der Waals surface area contributed by atoms with Gasteiger partial charge in [0.15, 0.2) is 0 Å². The zero-order chi connectivity index (χ0) is 11.8. The smallest absolute Gasteiger partial charge is 0.248 e. The third-order valence-corrected chi connectivity index (χ3v) is 3.10. The largest absolute Gasteiger partial charge is 0.376 e. The fourth-order valence-corrected chi connectivity index (χ4v) is 2.00. The molecule has 3 rings (SSSR count). The second-order valence-corrected chi connectivity index (χ2v) is 4.25. The Labute approximate surface area is 98.2 Å². The van der Waals surface area contributed by atoms with E-state index in [1.54, 1.807) is 18.5 Å². The van der Waals surface area contributed by atoms with E-state index in [0.29, 0.717) is 5.56 Å². The Balaban J connectivity index is 1.99. The van der Waals surface area contributed by atoms with Crippen LogP contribution in [0, 0.1) is 0 Å². The van der Waals surface area contributed by atoms with Crippen molar-refractivity contribution in [3.63, 3.8) is 0 Å². The molecule has 5 nitrogen and oxygen atoms in total. The van der Waals surface area contributed by atoms with E-state index in [1.807, 2.05) is 10.6 Å². The van der Waals surface area contributed by atoms with Gasteiger partial charge in [-0.3, -0.25) is 4.79 Å². The highest BCUT2D eigenvalue weighted by molar-refractivity contribution is 5.96. The lowest BCUT2D eigenvalue weighted by Gasteiger charge is -2.26. The molecule has 2 heterocycles. The van der Waals surface area contributed by atoms with Gasteiger partial charge in [0, 0.05) is 12.2 Å². The quantitative estimate of drug-likeness (QED) is 0.854. The van der Waals surface area contributed by atoms with Crippen LogP contribution in [0.1, 0.15) is 16.8 Å². The lowest BCUT2D eigenvalue weighted by Crippen LogP contribution is -2.30. The van der Waals surface area contributed by atoms with Crippen LogP contribution in [0.3, 0.4) is 0 Å². The van der Waals surface area contributed by atoms with Crippen LogP contribution in [0.25, 0.3) is 11.0 Å². The minimum absolute atomic E-state index is 0.268. The molecule has 5 heteroatoms. The summed E-state index contributed by atoms with van der Waals surface area (Å²) < 4.78 is 7.40. The summed E-state index contributed by atoms with van der Waals surface area (Å²) in [5, 5.41) is 0. The van der Waals surface area contributed by atoms with Gasteiger partial charge in [-0.2, -0.15) is 0 Å². The van der Waals surface area contributed by atoms with Gasteiger partial charge in [-0.1, -0.05) is 0 Å². The van der Waals surface area contributed by atoms with Gasteiger partial charge in [0.25, 0.3) is 0 Å². The molecule has 17 heavy (non-hydrogen) atoms. The first-order valence-corrected chi connectivity index (χ1v) is 5.60. The zero-order valence-electron chi connectivity index (χ0n) is 9.30. The second-order valence-electron chi connectivity index (χ2n) is 4.25. The molecule has 2 aromatic rings. The van der Waals surface area contributed by atoms with E-state index in [9.17, 15) is 4.79 Å². The summed E-state index contributed by atoms with van der Waals surface area (Å²) in [5.74, 6) is -0.417. The number of imidazole rings is 1. The molecule has 1 aliphatic rings. The van der Waals surface area contributed by atoms with Crippen LogP contribution in [0.15, 0.2) is 24.5 Å². The van der Waals surface area contributed by atoms with Crippen LogP contribution >= 0.6 is 0 Å². The molecule has 1 amide bonds. The standard InChI is InChI=1S/C12H13N3O2/c13-12(16)8-1-2-10-11(5-8)15(7-14-10)6-9-3-4-17-9/h1-2,5,7,9H,3-4,6H2,(H2,13,16). The first kappa shape index (κ1) is 10.3. The Kier molecular flexibility index (Phi) is 2.33. The number of nitrogens with zero attached hydrogens (tertiary/aromatic N) is 2. The Hall–Kier alpha value is -1.88. The lowest BCUT2D eigenvalue weighted by atomic mass is 10.1. The lowest BCUT2D eigenvalue weighted by molar-refractivity contribution is -0.0586. The van der Waals surface area contributed by atoms with Crippen molar-refractivity contribution in [3.05, 3.63) is 30.1 Å². The molecule has 1 unspecified atom stereocenters. The molecule has 0 radical (unpaired) electrons. The molecule has 2 N–H and O–H groups in total. The average molecular weight is 231 g/mol. The monoisotopic (exact) mass is 231 g/mol. The number of carbonyl (C=O) groups is 1. The Morgan fingerprint density at radius 2 is 2.41 bits per heavy atom. The number of nitrogens with two attached hydrogens (primary N) is 1. The fourth-order valence-electron chi connectivity index (χ4n) is 2.00. The van der Waals surface area contributed by atoms with Gasteiger partial charge in [0.05, 0.1) is 30.0 Å².